The van der Waals surface area contributed by atoms with Crippen LogP contribution in [0.2, 0.25) is 0 Å². The van der Waals surface area contributed by atoms with Crippen LogP contribution in [0.1, 0.15) is 5.56 Å². The van der Waals surface area contributed by atoms with Crippen molar-refractivity contribution in [3.63, 3.8) is 0 Å². The second kappa shape index (κ2) is 4.69. The molecule has 0 unspecified atom stereocenters. The van der Waals surface area contributed by atoms with Gasteiger partial charge in [-0.15, -0.1) is 11.6 Å². The fraction of sp³-hybridized carbons (Fsp3) is 0.200. The van der Waals surface area contributed by atoms with Gasteiger partial charge < -0.3 is 5.32 Å². The van der Waals surface area contributed by atoms with Crippen molar-refractivity contribution < 1.29 is 0 Å². The van der Waals surface area contributed by atoms with E-state index in [1.165, 1.54) is 0 Å². The molecule has 0 saturated heterocycles. The van der Waals surface area contributed by atoms with Crippen molar-refractivity contribution in [3.8, 4) is 11.8 Å². The summed E-state index contributed by atoms with van der Waals surface area (Å²) in [6.45, 7) is 0. The summed E-state index contributed by atoms with van der Waals surface area (Å²) in [4.78, 5) is 0. The van der Waals surface area contributed by atoms with Gasteiger partial charge >= 0.3 is 0 Å². The van der Waals surface area contributed by atoms with E-state index in [-0.39, 0.29) is 0 Å². The topological polar surface area (TPSA) is 12.0 Å². The molecule has 0 radical (unpaired) electrons. The maximum atomic E-state index is 5.44. The van der Waals surface area contributed by atoms with Crippen molar-refractivity contribution >= 4 is 17.3 Å². The smallest absolute Gasteiger partial charge is 0.0839 e. The molecule has 0 heterocycles. The quantitative estimate of drug-likeness (QED) is 0.516. The molecule has 0 aliphatic carbocycles. The second-order valence-electron chi connectivity index (χ2n) is 2.27. The Morgan fingerprint density at radius 1 is 1.50 bits per heavy atom. The van der Waals surface area contributed by atoms with Crippen LogP contribution in [0, 0.1) is 11.8 Å². The number of nitrogens with one attached hydrogen (secondary N) is 1. The Bertz CT molecular complexity index is 309. The largest absolute Gasteiger partial charge is 0.388 e. The van der Waals surface area contributed by atoms with Gasteiger partial charge in [-0.05, 0) is 18.2 Å². The van der Waals surface area contributed by atoms with Crippen LogP contribution < -0.4 is 5.32 Å². The molecular weight excluding hydrogens is 170 g/mol. The van der Waals surface area contributed by atoms with Gasteiger partial charge in [0.05, 0.1) is 5.88 Å². The predicted octanol–water partition coefficient (Wildman–Crippen LogP) is 2.32. The van der Waals surface area contributed by atoms with Crippen LogP contribution >= 0.6 is 11.6 Å². The van der Waals surface area contributed by atoms with Gasteiger partial charge in [0.1, 0.15) is 0 Å². The highest BCUT2D eigenvalue weighted by Gasteiger charge is 1.88. The molecule has 1 aromatic rings. The molecule has 1 N–H and O–H groups in total. The third kappa shape index (κ3) is 2.48. The molecule has 0 bridgehead atoms. The first-order valence-corrected chi connectivity index (χ1v) is 4.23. The number of hydrogen-bond donors (Lipinski definition) is 1. The fourth-order valence-electron chi connectivity index (χ4n) is 0.888. The lowest BCUT2D eigenvalue weighted by atomic mass is 10.2. The van der Waals surface area contributed by atoms with Crippen molar-refractivity contribution in [1.82, 2.24) is 0 Å². The van der Waals surface area contributed by atoms with E-state index < -0.39 is 0 Å². The Morgan fingerprint density at radius 2 is 2.33 bits per heavy atom. The van der Waals surface area contributed by atoms with E-state index in [0.29, 0.717) is 5.88 Å². The highest BCUT2D eigenvalue weighted by atomic mass is 35.5. The lowest BCUT2D eigenvalue weighted by Gasteiger charge is -1.98. The van der Waals surface area contributed by atoms with Gasteiger partial charge in [-0.1, -0.05) is 17.9 Å². The minimum absolute atomic E-state index is 0.379. The lowest BCUT2D eigenvalue weighted by Crippen LogP contribution is -1.87. The first kappa shape index (κ1) is 8.96. The number of alkyl halides is 1. The van der Waals surface area contributed by atoms with Crippen molar-refractivity contribution in [3.05, 3.63) is 29.8 Å². The van der Waals surface area contributed by atoms with Gasteiger partial charge in [-0.2, -0.15) is 0 Å². The molecule has 1 aromatic carbocycles. The zero-order valence-electron chi connectivity index (χ0n) is 6.89. The Hall–Kier alpha value is -1.13. The van der Waals surface area contributed by atoms with Crippen LogP contribution in [0.5, 0.6) is 0 Å². The first-order valence-electron chi connectivity index (χ1n) is 3.69. The first-order chi connectivity index (χ1) is 5.86. The molecule has 0 fully saturated rings. The fourth-order valence-corrected chi connectivity index (χ4v) is 0.955. The summed E-state index contributed by atoms with van der Waals surface area (Å²) in [6.07, 6.45) is 0. The molecule has 1 rings (SSSR count). The molecule has 12 heavy (non-hydrogen) atoms. The van der Waals surface area contributed by atoms with Crippen molar-refractivity contribution in [1.29, 1.82) is 0 Å². The molecule has 1 nitrogen and oxygen atoms in total. The number of rotatable bonds is 1. The van der Waals surface area contributed by atoms with Crippen LogP contribution in [0.25, 0.3) is 0 Å². The monoisotopic (exact) mass is 179 g/mol. The van der Waals surface area contributed by atoms with E-state index in [1.807, 2.05) is 31.3 Å². The molecule has 0 aromatic heterocycles. The van der Waals surface area contributed by atoms with Crippen LogP contribution in [0.3, 0.4) is 0 Å². The molecule has 0 atom stereocenters. The Balaban J connectivity index is 2.86. The summed E-state index contributed by atoms with van der Waals surface area (Å²) in [6, 6.07) is 7.90. The predicted molar refractivity (Wildman–Crippen MR) is 53.6 cm³/mol. The van der Waals surface area contributed by atoms with Crippen molar-refractivity contribution in [2.75, 3.05) is 18.2 Å². The number of benzene rings is 1. The van der Waals surface area contributed by atoms with E-state index >= 15 is 0 Å². The van der Waals surface area contributed by atoms with Gasteiger partial charge in [0.25, 0.3) is 0 Å². The highest BCUT2D eigenvalue weighted by molar-refractivity contribution is 6.19. The van der Waals surface area contributed by atoms with Gasteiger partial charge in [0, 0.05) is 18.3 Å². The average Bonchev–Trinajstić information content (AvgIpc) is 2.15. The van der Waals surface area contributed by atoms with Crippen molar-refractivity contribution in [2.45, 2.75) is 0 Å². The van der Waals surface area contributed by atoms with Gasteiger partial charge in [0.15, 0.2) is 0 Å². The second-order valence-corrected chi connectivity index (χ2v) is 2.53. The lowest BCUT2D eigenvalue weighted by molar-refractivity contribution is 1.50. The van der Waals surface area contributed by atoms with Gasteiger partial charge in [0.2, 0.25) is 0 Å². The molecule has 0 amide bonds. The summed E-state index contributed by atoms with van der Waals surface area (Å²) in [7, 11) is 1.88. The number of halogens is 1. The zero-order chi connectivity index (χ0) is 8.81. The van der Waals surface area contributed by atoms with Crippen LogP contribution in [-0.2, 0) is 0 Å². The SMILES string of the molecule is CNc1cccc(C#CCCl)c1. The van der Waals surface area contributed by atoms with Crippen molar-refractivity contribution in [2.24, 2.45) is 0 Å². The van der Waals surface area contributed by atoms with Crippen LogP contribution in [0.4, 0.5) is 5.69 Å². The molecule has 62 valence electrons. The molecule has 2 heteroatoms. The van der Waals surface area contributed by atoms with E-state index in [1.54, 1.807) is 0 Å². The molecule has 0 aliphatic rings. The summed E-state index contributed by atoms with van der Waals surface area (Å²) < 4.78 is 0. The third-order valence-corrected chi connectivity index (χ3v) is 1.58. The zero-order valence-corrected chi connectivity index (χ0v) is 7.65. The van der Waals surface area contributed by atoms with E-state index in [9.17, 15) is 0 Å². The van der Waals surface area contributed by atoms with Crippen LogP contribution in [-0.4, -0.2) is 12.9 Å². The Morgan fingerprint density at radius 3 is 3.00 bits per heavy atom. The highest BCUT2D eigenvalue weighted by Crippen LogP contribution is 2.07. The summed E-state index contributed by atoms with van der Waals surface area (Å²) >= 11 is 5.44. The minimum Gasteiger partial charge on any atom is -0.388 e. The summed E-state index contributed by atoms with van der Waals surface area (Å²) in [5.41, 5.74) is 2.05. The van der Waals surface area contributed by atoms with Crippen LogP contribution in [0.15, 0.2) is 24.3 Å². The number of hydrogen-bond acceptors (Lipinski definition) is 1. The van der Waals surface area contributed by atoms with E-state index in [0.717, 1.165) is 11.3 Å². The maximum absolute atomic E-state index is 5.44. The third-order valence-electron chi connectivity index (χ3n) is 1.45. The standard InChI is InChI=1S/C10H10ClN/c1-12-10-6-2-4-9(8-10)5-3-7-11/h2,4,6,8,12H,7H2,1H3. The normalized spacial score (nSPS) is 8.50. The van der Waals surface area contributed by atoms with E-state index in [4.69, 9.17) is 11.6 Å². The summed E-state index contributed by atoms with van der Waals surface area (Å²) in [5.74, 6) is 6.13. The summed E-state index contributed by atoms with van der Waals surface area (Å²) in [5, 5.41) is 3.04. The molecule has 0 aliphatic heterocycles. The van der Waals surface area contributed by atoms with E-state index in [2.05, 4.69) is 17.2 Å². The Labute approximate surface area is 77.7 Å². The Kier molecular flexibility index (Phi) is 3.50. The minimum atomic E-state index is 0.379. The molecular formula is C10H10ClN. The number of anilines is 1. The molecule has 0 spiro atoms. The molecule has 0 saturated carbocycles. The maximum Gasteiger partial charge on any atom is 0.0839 e. The average molecular weight is 180 g/mol. The van der Waals surface area contributed by atoms with Gasteiger partial charge in [-0.25, -0.2) is 0 Å². The van der Waals surface area contributed by atoms with Gasteiger partial charge in [-0.3, -0.25) is 0 Å².